The Bertz CT molecular complexity index is 506. The first-order chi connectivity index (χ1) is 7.74. The highest BCUT2D eigenvalue weighted by Crippen LogP contribution is 2.20. The summed E-state index contributed by atoms with van der Waals surface area (Å²) in [6.07, 6.45) is 0. The summed E-state index contributed by atoms with van der Waals surface area (Å²) >= 11 is 2.25. The molecule has 3 nitrogen and oxygen atoms in total. The van der Waals surface area contributed by atoms with Crippen LogP contribution in [0, 0.1) is 3.57 Å². The first-order valence-corrected chi connectivity index (χ1v) is 5.85. The molecule has 0 aliphatic heterocycles. The number of azo groups is 1. The molecule has 0 spiro atoms. The van der Waals surface area contributed by atoms with Crippen LogP contribution in [0.15, 0.2) is 58.8 Å². The van der Waals surface area contributed by atoms with Crippen LogP contribution in [-0.4, -0.2) is 0 Å². The van der Waals surface area contributed by atoms with Crippen molar-refractivity contribution in [3.8, 4) is 0 Å². The Morgan fingerprint density at radius 1 is 0.875 bits per heavy atom. The van der Waals surface area contributed by atoms with Crippen molar-refractivity contribution < 1.29 is 0 Å². The Morgan fingerprint density at radius 2 is 1.56 bits per heavy atom. The van der Waals surface area contributed by atoms with Crippen LogP contribution in [0.4, 0.5) is 17.1 Å². The van der Waals surface area contributed by atoms with Crippen molar-refractivity contribution in [3.05, 3.63) is 52.1 Å². The molecule has 0 aromatic heterocycles. The Labute approximate surface area is 108 Å². The van der Waals surface area contributed by atoms with Gasteiger partial charge < -0.3 is 5.73 Å². The van der Waals surface area contributed by atoms with Gasteiger partial charge in [-0.15, -0.1) is 0 Å². The highest BCUT2D eigenvalue weighted by molar-refractivity contribution is 14.1. The predicted molar refractivity (Wildman–Crippen MR) is 74.2 cm³/mol. The molecule has 0 amide bonds. The largest absolute Gasteiger partial charge is 0.399 e. The van der Waals surface area contributed by atoms with Crippen molar-refractivity contribution in [1.29, 1.82) is 0 Å². The zero-order chi connectivity index (χ0) is 11.4. The lowest BCUT2D eigenvalue weighted by atomic mass is 10.3. The molecule has 4 heteroatoms. The Hall–Kier alpha value is -1.43. The number of hydrogen-bond acceptors (Lipinski definition) is 3. The van der Waals surface area contributed by atoms with Crippen molar-refractivity contribution in [1.82, 2.24) is 0 Å². The molecule has 0 saturated heterocycles. The molecule has 16 heavy (non-hydrogen) atoms. The first kappa shape index (κ1) is 11.1. The number of nitrogens with zero attached hydrogens (tertiary/aromatic N) is 2. The third-order valence-corrected chi connectivity index (χ3v) is 2.65. The van der Waals surface area contributed by atoms with Gasteiger partial charge in [-0.05, 0) is 65.1 Å². The zero-order valence-corrected chi connectivity index (χ0v) is 10.6. The molecule has 0 saturated carbocycles. The topological polar surface area (TPSA) is 50.7 Å². The Balaban J connectivity index is 2.18. The second-order valence-corrected chi connectivity index (χ2v) is 4.52. The zero-order valence-electron chi connectivity index (χ0n) is 8.47. The van der Waals surface area contributed by atoms with E-state index in [0.717, 1.165) is 20.6 Å². The van der Waals surface area contributed by atoms with E-state index in [0.29, 0.717) is 0 Å². The molecule has 2 aromatic carbocycles. The van der Waals surface area contributed by atoms with Crippen molar-refractivity contribution in [2.24, 2.45) is 10.2 Å². The molecule has 0 aliphatic rings. The smallest absolute Gasteiger partial charge is 0.0867 e. The van der Waals surface area contributed by atoms with E-state index in [9.17, 15) is 0 Å². The fourth-order valence-electron chi connectivity index (χ4n) is 1.19. The van der Waals surface area contributed by atoms with Crippen LogP contribution in [0.5, 0.6) is 0 Å². The fraction of sp³-hybridized carbons (Fsp3) is 0. The number of hydrogen-bond donors (Lipinski definition) is 1. The minimum atomic E-state index is 0.730. The van der Waals surface area contributed by atoms with Crippen LogP contribution in [0.25, 0.3) is 0 Å². The summed E-state index contributed by atoms with van der Waals surface area (Å²) < 4.78 is 1.14. The standard InChI is InChI=1S/C12H10IN3/c13-9-2-1-3-12(8-9)16-15-11-6-4-10(14)5-7-11/h1-8H,14H2. The Kier molecular flexibility index (Phi) is 3.51. The summed E-state index contributed by atoms with van der Waals surface area (Å²) in [6, 6.07) is 15.2. The summed E-state index contributed by atoms with van der Waals surface area (Å²) in [4.78, 5) is 0. The quantitative estimate of drug-likeness (QED) is 0.500. The van der Waals surface area contributed by atoms with Gasteiger partial charge in [-0.2, -0.15) is 10.2 Å². The monoisotopic (exact) mass is 323 g/mol. The molecule has 0 aliphatic carbocycles. The van der Waals surface area contributed by atoms with E-state index < -0.39 is 0 Å². The van der Waals surface area contributed by atoms with Crippen molar-refractivity contribution in [2.45, 2.75) is 0 Å². The van der Waals surface area contributed by atoms with Crippen molar-refractivity contribution >= 4 is 39.7 Å². The lowest BCUT2D eigenvalue weighted by Crippen LogP contribution is -1.80. The molecule has 2 N–H and O–H groups in total. The van der Waals surface area contributed by atoms with Gasteiger partial charge in [0.15, 0.2) is 0 Å². The molecule has 0 radical (unpaired) electrons. The van der Waals surface area contributed by atoms with Crippen LogP contribution < -0.4 is 5.73 Å². The summed E-state index contributed by atoms with van der Waals surface area (Å²) in [5.41, 5.74) is 7.96. The summed E-state index contributed by atoms with van der Waals surface area (Å²) in [5, 5.41) is 8.27. The van der Waals surface area contributed by atoms with Gasteiger partial charge >= 0.3 is 0 Å². The van der Waals surface area contributed by atoms with E-state index in [2.05, 4.69) is 32.8 Å². The molecule has 0 unspecified atom stereocenters. The van der Waals surface area contributed by atoms with Crippen molar-refractivity contribution in [3.63, 3.8) is 0 Å². The highest BCUT2D eigenvalue weighted by atomic mass is 127. The number of anilines is 1. The maximum atomic E-state index is 5.58. The van der Waals surface area contributed by atoms with E-state index in [1.807, 2.05) is 48.5 Å². The molecule has 0 fully saturated rings. The average molecular weight is 323 g/mol. The average Bonchev–Trinajstić information content (AvgIpc) is 2.28. The first-order valence-electron chi connectivity index (χ1n) is 4.77. The van der Waals surface area contributed by atoms with Gasteiger partial charge in [-0.25, -0.2) is 0 Å². The summed E-state index contributed by atoms with van der Waals surface area (Å²) in [6.45, 7) is 0. The normalized spacial score (nSPS) is 10.8. The van der Waals surface area contributed by atoms with Gasteiger partial charge in [0, 0.05) is 9.26 Å². The molecule has 80 valence electrons. The van der Waals surface area contributed by atoms with E-state index >= 15 is 0 Å². The molecular formula is C12H10IN3. The fourth-order valence-corrected chi connectivity index (χ4v) is 1.72. The van der Waals surface area contributed by atoms with Crippen LogP contribution in [0.2, 0.25) is 0 Å². The predicted octanol–water partition coefficient (Wildman–Crippen LogP) is 4.29. The van der Waals surface area contributed by atoms with Gasteiger partial charge in [0.1, 0.15) is 0 Å². The molecule has 0 heterocycles. The third kappa shape index (κ3) is 3.03. The summed E-state index contributed by atoms with van der Waals surface area (Å²) in [5.74, 6) is 0. The van der Waals surface area contributed by atoms with Crippen LogP contribution in [-0.2, 0) is 0 Å². The van der Waals surface area contributed by atoms with Gasteiger partial charge in [0.05, 0.1) is 11.4 Å². The SMILES string of the molecule is Nc1ccc(N=Nc2cccc(I)c2)cc1. The number of benzene rings is 2. The van der Waals surface area contributed by atoms with Crippen LogP contribution in [0.1, 0.15) is 0 Å². The maximum absolute atomic E-state index is 5.58. The second kappa shape index (κ2) is 5.07. The van der Waals surface area contributed by atoms with Gasteiger partial charge in [-0.3, -0.25) is 0 Å². The van der Waals surface area contributed by atoms with Crippen molar-refractivity contribution in [2.75, 3.05) is 5.73 Å². The minimum Gasteiger partial charge on any atom is -0.399 e. The van der Waals surface area contributed by atoms with E-state index in [1.54, 1.807) is 0 Å². The molecule has 0 atom stereocenters. The molecule has 2 aromatic rings. The number of rotatable bonds is 2. The van der Waals surface area contributed by atoms with E-state index in [4.69, 9.17) is 5.73 Å². The maximum Gasteiger partial charge on any atom is 0.0867 e. The van der Waals surface area contributed by atoms with Gasteiger partial charge in [-0.1, -0.05) is 6.07 Å². The highest BCUT2D eigenvalue weighted by Gasteiger charge is 1.92. The minimum absolute atomic E-state index is 0.730. The second-order valence-electron chi connectivity index (χ2n) is 3.27. The number of nitrogen functional groups attached to an aromatic ring is 1. The summed E-state index contributed by atoms with van der Waals surface area (Å²) in [7, 11) is 0. The Morgan fingerprint density at radius 3 is 2.25 bits per heavy atom. The van der Waals surface area contributed by atoms with E-state index in [-0.39, 0.29) is 0 Å². The molecular weight excluding hydrogens is 313 g/mol. The lowest BCUT2D eigenvalue weighted by Gasteiger charge is -1.95. The third-order valence-electron chi connectivity index (χ3n) is 1.98. The van der Waals surface area contributed by atoms with Gasteiger partial charge in [0.2, 0.25) is 0 Å². The van der Waals surface area contributed by atoms with Crippen LogP contribution in [0.3, 0.4) is 0 Å². The number of nitrogens with two attached hydrogens (primary N) is 1. The van der Waals surface area contributed by atoms with Gasteiger partial charge in [0.25, 0.3) is 0 Å². The number of halogens is 1. The van der Waals surface area contributed by atoms with Crippen LogP contribution >= 0.6 is 22.6 Å². The molecule has 2 rings (SSSR count). The molecule has 0 bridgehead atoms. The lowest BCUT2D eigenvalue weighted by molar-refractivity contribution is 1.23. The van der Waals surface area contributed by atoms with E-state index in [1.165, 1.54) is 0 Å².